The summed E-state index contributed by atoms with van der Waals surface area (Å²) in [6, 6.07) is 5.62. The van der Waals surface area contributed by atoms with Gasteiger partial charge in [-0.15, -0.1) is 0 Å². The Labute approximate surface area is 418 Å². The summed E-state index contributed by atoms with van der Waals surface area (Å²) in [5, 5.41) is 3.48. The Kier molecular flexibility index (Phi) is 46.1. The van der Waals surface area contributed by atoms with E-state index in [1.54, 1.807) is 6.20 Å². The largest absolute Gasteiger partial charge is 1.00 e. The summed E-state index contributed by atoms with van der Waals surface area (Å²) in [5.74, 6) is -0.625. The van der Waals surface area contributed by atoms with Gasteiger partial charge in [-0.25, -0.2) is 4.98 Å². The predicted molar refractivity (Wildman–Crippen MR) is 259 cm³/mol. The fourth-order valence-electron chi connectivity index (χ4n) is 6.58. The van der Waals surface area contributed by atoms with Crippen molar-refractivity contribution < 1.29 is 71.9 Å². The number of amides is 1. The van der Waals surface area contributed by atoms with Crippen LogP contribution in [0.15, 0.2) is 53.7 Å². The standard InChI is InChI=1S/C49H85N2O9PS2.Na/c1-3-5-7-9-11-13-15-17-19-21-23-25-27-29-31-36-48(53)57-43-45(60-49(54)37-32-30-28-26-24-22-20-18-16-14-12-10-8-6-4-2)44-59-61(55,56)58-41-40-50-46(52)38-42-62-63-47-35-33-34-39-51-47;/h17-20,33-35,39,45H,3-16,21-32,36-38,40-44H2,1-2H3,(H,50,52)(H,55,56);/q;+1/p-1/b19-17+,20-18+;. The molecule has 1 N–H and O–H groups in total. The first-order valence-electron chi connectivity index (χ1n) is 24.5. The molecule has 1 heterocycles. The Bertz CT molecular complexity index is 1360. The number of ether oxygens (including phenoxy) is 2. The third-order valence-corrected chi connectivity index (χ3v) is 13.5. The average molecular weight is 963 g/mol. The van der Waals surface area contributed by atoms with Gasteiger partial charge in [-0.2, -0.15) is 0 Å². The molecule has 362 valence electrons. The summed E-state index contributed by atoms with van der Waals surface area (Å²) in [7, 11) is -1.84. The van der Waals surface area contributed by atoms with Gasteiger partial charge in [0.05, 0.1) is 13.2 Å². The zero-order chi connectivity index (χ0) is 45.7. The summed E-state index contributed by atoms with van der Waals surface area (Å²) in [6.45, 7) is 3.24. The quantitative estimate of drug-likeness (QED) is 0.0165. The van der Waals surface area contributed by atoms with Gasteiger partial charge in [-0.05, 0) is 87.1 Å². The number of nitrogens with zero attached hydrogens (tertiary/aromatic N) is 1. The number of pyridine rings is 1. The number of aromatic nitrogens is 1. The molecule has 0 radical (unpaired) electrons. The Morgan fingerprint density at radius 3 is 1.69 bits per heavy atom. The second-order valence-corrected chi connectivity index (χ2v) is 20.1. The maximum atomic E-state index is 12.8. The van der Waals surface area contributed by atoms with Crippen LogP contribution in [0.1, 0.15) is 200 Å². The molecule has 11 nitrogen and oxygen atoms in total. The number of esters is 2. The predicted octanol–water partition coefficient (Wildman–Crippen LogP) is 10.4. The van der Waals surface area contributed by atoms with Gasteiger partial charge in [0.25, 0.3) is 7.82 Å². The monoisotopic (exact) mass is 963 g/mol. The second-order valence-electron chi connectivity index (χ2n) is 16.2. The van der Waals surface area contributed by atoms with E-state index in [0.29, 0.717) is 18.6 Å². The minimum atomic E-state index is -4.81. The first-order chi connectivity index (χ1) is 30.8. The van der Waals surface area contributed by atoms with Gasteiger partial charge in [-0.3, -0.25) is 18.9 Å². The number of allylic oxidation sites excluding steroid dienone is 4. The van der Waals surface area contributed by atoms with E-state index >= 15 is 0 Å². The third-order valence-electron chi connectivity index (χ3n) is 10.3. The van der Waals surface area contributed by atoms with E-state index in [2.05, 4.69) is 48.5 Å². The van der Waals surface area contributed by atoms with Gasteiger partial charge in [0.2, 0.25) is 5.91 Å². The molecule has 2 unspecified atom stereocenters. The SMILES string of the molecule is CCCCCCCC/C=C/CCCCCCCC(=O)OCC(COP(=O)([O-])OCCNC(=O)CCSSc1ccccn1)OC(=O)CCCCCCC/C=C/CCCCCCCC.[Na+]. The fourth-order valence-corrected chi connectivity index (χ4v) is 9.19. The van der Waals surface area contributed by atoms with Crippen molar-refractivity contribution in [2.24, 2.45) is 0 Å². The van der Waals surface area contributed by atoms with E-state index in [9.17, 15) is 23.8 Å². The van der Waals surface area contributed by atoms with Crippen molar-refractivity contribution in [2.75, 3.05) is 32.1 Å². The molecule has 2 atom stereocenters. The number of nitrogens with one attached hydrogen (secondary N) is 1. The van der Waals surface area contributed by atoms with E-state index in [0.717, 1.165) is 82.1 Å². The molecule has 0 aliphatic rings. The Morgan fingerprint density at radius 2 is 1.17 bits per heavy atom. The van der Waals surface area contributed by atoms with Crippen LogP contribution in [-0.2, 0) is 37.5 Å². The molecule has 0 saturated heterocycles. The van der Waals surface area contributed by atoms with Crippen LogP contribution in [0.25, 0.3) is 0 Å². The molecule has 0 aromatic carbocycles. The van der Waals surface area contributed by atoms with Crippen LogP contribution in [0.4, 0.5) is 0 Å². The van der Waals surface area contributed by atoms with Crippen LogP contribution in [0.3, 0.4) is 0 Å². The average Bonchev–Trinajstić information content (AvgIpc) is 3.28. The van der Waals surface area contributed by atoms with Gasteiger partial charge in [0.1, 0.15) is 11.6 Å². The van der Waals surface area contributed by atoms with Crippen molar-refractivity contribution in [1.29, 1.82) is 0 Å². The zero-order valence-electron chi connectivity index (χ0n) is 40.1. The molecule has 64 heavy (non-hydrogen) atoms. The number of carbonyl (C=O) groups is 3. The minimum absolute atomic E-state index is 0. The Morgan fingerprint density at radius 1 is 0.672 bits per heavy atom. The van der Waals surface area contributed by atoms with E-state index in [1.165, 1.54) is 98.6 Å². The second kappa shape index (κ2) is 46.9. The van der Waals surface area contributed by atoms with Gasteiger partial charge < -0.3 is 28.7 Å². The maximum absolute atomic E-state index is 12.8. The van der Waals surface area contributed by atoms with Gasteiger partial charge in [-0.1, -0.05) is 158 Å². The number of phosphoric ester groups is 1. The first kappa shape index (κ1) is 62.8. The summed E-state index contributed by atoms with van der Waals surface area (Å²) in [5.41, 5.74) is 0. The number of carbonyl (C=O) groups excluding carboxylic acids is 3. The van der Waals surface area contributed by atoms with E-state index in [-0.39, 0.29) is 74.5 Å². The van der Waals surface area contributed by atoms with Crippen LogP contribution in [0.2, 0.25) is 0 Å². The van der Waals surface area contributed by atoms with Gasteiger partial charge in [0.15, 0.2) is 6.10 Å². The van der Waals surface area contributed by atoms with Crippen molar-refractivity contribution in [3.05, 3.63) is 48.7 Å². The smallest absolute Gasteiger partial charge is 0.756 e. The Balaban J connectivity index is 0.0000397. The molecular weight excluding hydrogens is 879 g/mol. The van der Waals surface area contributed by atoms with Crippen LogP contribution in [0, 0.1) is 0 Å². The molecule has 0 aliphatic carbocycles. The van der Waals surface area contributed by atoms with Gasteiger partial charge in [0, 0.05) is 37.8 Å². The van der Waals surface area contributed by atoms with E-state index in [4.69, 9.17) is 18.5 Å². The molecule has 0 fully saturated rings. The van der Waals surface area contributed by atoms with Crippen molar-refractivity contribution in [3.8, 4) is 0 Å². The maximum Gasteiger partial charge on any atom is 1.00 e. The molecule has 1 aromatic rings. The molecule has 1 rings (SSSR count). The number of phosphoric acid groups is 1. The number of hydrogen-bond acceptors (Lipinski definition) is 12. The molecule has 0 spiro atoms. The number of unbranched alkanes of at least 4 members (excludes halogenated alkanes) is 22. The number of rotatable bonds is 45. The van der Waals surface area contributed by atoms with Crippen molar-refractivity contribution in [1.82, 2.24) is 10.3 Å². The Hall–Kier alpha value is -1.15. The van der Waals surface area contributed by atoms with Crippen molar-refractivity contribution in [2.45, 2.75) is 211 Å². The summed E-state index contributed by atoms with van der Waals surface area (Å²) < 4.78 is 33.5. The topological polar surface area (TPSA) is 153 Å². The number of hydrogen-bond donors (Lipinski definition) is 1. The van der Waals surface area contributed by atoms with E-state index in [1.807, 2.05) is 18.2 Å². The molecule has 15 heteroatoms. The molecule has 0 bridgehead atoms. The summed E-state index contributed by atoms with van der Waals surface area (Å²) in [6.07, 6.45) is 40.3. The molecule has 1 aromatic heterocycles. The van der Waals surface area contributed by atoms with Crippen LogP contribution < -0.4 is 39.8 Å². The van der Waals surface area contributed by atoms with Crippen LogP contribution in [-0.4, -0.2) is 61.1 Å². The van der Waals surface area contributed by atoms with Crippen LogP contribution >= 0.6 is 29.4 Å². The molecule has 1 amide bonds. The van der Waals surface area contributed by atoms with E-state index < -0.39 is 32.5 Å². The molecular formula is C49H84N2NaO9PS2. The van der Waals surface area contributed by atoms with Gasteiger partial charge >= 0.3 is 41.5 Å². The zero-order valence-corrected chi connectivity index (χ0v) is 44.7. The van der Waals surface area contributed by atoms with Crippen molar-refractivity contribution >= 4 is 47.3 Å². The van der Waals surface area contributed by atoms with Crippen molar-refractivity contribution in [3.63, 3.8) is 0 Å². The fraction of sp³-hybridized carbons (Fsp3) is 0.755. The normalized spacial score (nSPS) is 12.9. The first-order valence-corrected chi connectivity index (χ1v) is 28.3. The summed E-state index contributed by atoms with van der Waals surface area (Å²) in [4.78, 5) is 54.3. The third kappa shape index (κ3) is 43.4. The summed E-state index contributed by atoms with van der Waals surface area (Å²) >= 11 is 0. The molecule has 0 saturated carbocycles. The van der Waals surface area contributed by atoms with Crippen LogP contribution in [0.5, 0.6) is 0 Å². The molecule has 0 aliphatic heterocycles. The minimum Gasteiger partial charge on any atom is -0.756 e.